The van der Waals surface area contributed by atoms with Gasteiger partial charge in [0.15, 0.2) is 0 Å². The zero-order chi connectivity index (χ0) is 22.3. The molecule has 1 saturated carbocycles. The third kappa shape index (κ3) is 3.98. The number of nitrogens with zero attached hydrogens (tertiary/aromatic N) is 3. The Kier molecular flexibility index (Phi) is 5.63. The highest BCUT2D eigenvalue weighted by atomic mass is 35.5. The lowest BCUT2D eigenvalue weighted by Gasteiger charge is -2.41. The first-order valence-corrected chi connectivity index (χ1v) is 10.8. The smallest absolute Gasteiger partial charge is 0.241 e. The van der Waals surface area contributed by atoms with E-state index in [2.05, 4.69) is 0 Å². The number of benzene rings is 2. The Morgan fingerprint density at radius 3 is 2.68 bits per heavy atom. The average molecular weight is 454 g/mol. The van der Waals surface area contributed by atoms with E-state index >= 15 is 0 Å². The number of nitriles is 1. The molecule has 0 aromatic heterocycles. The number of carbonyl (C=O) groups excluding carboxylic acids is 2. The Bertz CT molecular complexity index is 1150. The quantitative estimate of drug-likeness (QED) is 0.553. The fourth-order valence-corrected chi connectivity index (χ4v) is 5.14. The second-order valence-corrected chi connectivity index (χ2v) is 9.61. The van der Waals surface area contributed by atoms with Gasteiger partial charge in [-0.1, -0.05) is 55.2 Å². The number of ketones is 1. The van der Waals surface area contributed by atoms with Crippen molar-refractivity contribution >= 4 is 52.0 Å². The van der Waals surface area contributed by atoms with Crippen LogP contribution in [-0.4, -0.2) is 17.4 Å². The summed E-state index contributed by atoms with van der Waals surface area (Å²) in [5.74, 6) is -1.05. The molecule has 158 valence electrons. The van der Waals surface area contributed by atoms with Crippen LogP contribution in [-0.2, 0) is 9.59 Å². The lowest BCUT2D eigenvalue weighted by Crippen LogP contribution is -2.47. The molecule has 1 heterocycles. The Labute approximate surface area is 191 Å². The molecule has 0 N–H and O–H groups in total. The minimum atomic E-state index is -0.711. The van der Waals surface area contributed by atoms with Gasteiger partial charge in [-0.15, -0.1) is 0 Å². The summed E-state index contributed by atoms with van der Waals surface area (Å²) in [4.78, 5) is 33.1. The molecular formula is C24H21Cl2N3O2. The molecule has 0 radical (unpaired) electrons. The summed E-state index contributed by atoms with van der Waals surface area (Å²) in [5.41, 5.74) is 2.27. The van der Waals surface area contributed by atoms with Gasteiger partial charge in [-0.05, 0) is 41.7 Å². The first-order chi connectivity index (χ1) is 14.7. The Hall–Kier alpha value is -2.68. The maximum atomic E-state index is 13.5. The minimum absolute atomic E-state index is 0.00794. The van der Waals surface area contributed by atoms with Crippen molar-refractivity contribution in [2.24, 2.45) is 16.3 Å². The number of amides is 1. The van der Waals surface area contributed by atoms with Crippen LogP contribution in [0.1, 0.15) is 44.7 Å². The summed E-state index contributed by atoms with van der Waals surface area (Å²) in [6, 6.07) is 13.6. The summed E-state index contributed by atoms with van der Waals surface area (Å²) < 4.78 is 0. The van der Waals surface area contributed by atoms with E-state index in [4.69, 9.17) is 28.2 Å². The van der Waals surface area contributed by atoms with E-state index in [0.717, 1.165) is 5.71 Å². The topological polar surface area (TPSA) is 73.5 Å². The van der Waals surface area contributed by atoms with Gasteiger partial charge < -0.3 is 4.90 Å². The number of hydrogen-bond acceptors (Lipinski definition) is 4. The van der Waals surface area contributed by atoms with E-state index in [1.54, 1.807) is 24.3 Å². The maximum Gasteiger partial charge on any atom is 0.241 e. The number of anilines is 1. The molecule has 2 aromatic carbocycles. The molecule has 2 aromatic rings. The summed E-state index contributed by atoms with van der Waals surface area (Å²) >= 11 is 12.7. The van der Waals surface area contributed by atoms with Crippen LogP contribution < -0.4 is 4.90 Å². The van der Waals surface area contributed by atoms with Crippen LogP contribution in [0, 0.1) is 22.7 Å². The van der Waals surface area contributed by atoms with E-state index in [-0.39, 0.29) is 17.6 Å². The van der Waals surface area contributed by atoms with Gasteiger partial charge >= 0.3 is 0 Å². The van der Waals surface area contributed by atoms with Crippen molar-refractivity contribution in [1.82, 2.24) is 0 Å². The van der Waals surface area contributed by atoms with E-state index in [1.807, 2.05) is 38.1 Å². The van der Waals surface area contributed by atoms with E-state index in [0.29, 0.717) is 39.8 Å². The van der Waals surface area contributed by atoms with Crippen molar-refractivity contribution in [3.63, 3.8) is 0 Å². The molecule has 1 fully saturated rings. The second-order valence-electron chi connectivity index (χ2n) is 8.76. The highest BCUT2D eigenvalue weighted by Crippen LogP contribution is 2.49. The highest BCUT2D eigenvalue weighted by Gasteiger charge is 2.48. The van der Waals surface area contributed by atoms with Crippen molar-refractivity contribution in [3.8, 4) is 6.07 Å². The van der Waals surface area contributed by atoms with Crippen LogP contribution in [0.15, 0.2) is 47.5 Å². The van der Waals surface area contributed by atoms with Gasteiger partial charge in [0.2, 0.25) is 5.91 Å². The van der Waals surface area contributed by atoms with Crippen LogP contribution in [0.3, 0.4) is 0 Å². The van der Waals surface area contributed by atoms with E-state index < -0.39 is 17.9 Å². The molecule has 4 rings (SSSR count). The number of para-hydroxylation sites is 2. The fourth-order valence-electron chi connectivity index (χ4n) is 4.62. The highest BCUT2D eigenvalue weighted by molar-refractivity contribution is 6.35. The molecule has 1 amide bonds. The third-order valence-electron chi connectivity index (χ3n) is 5.80. The van der Waals surface area contributed by atoms with Crippen molar-refractivity contribution in [2.45, 2.75) is 39.2 Å². The van der Waals surface area contributed by atoms with Gasteiger partial charge in [0.1, 0.15) is 12.2 Å². The molecule has 2 atom stereocenters. The molecule has 0 bridgehead atoms. The average Bonchev–Trinajstić information content (AvgIpc) is 2.81. The van der Waals surface area contributed by atoms with Crippen molar-refractivity contribution < 1.29 is 9.59 Å². The summed E-state index contributed by atoms with van der Waals surface area (Å²) in [7, 11) is 0. The first-order valence-electron chi connectivity index (χ1n) is 10.0. The number of carbonyl (C=O) groups is 2. The zero-order valence-corrected chi connectivity index (χ0v) is 18.7. The lowest BCUT2D eigenvalue weighted by molar-refractivity contribution is -0.124. The predicted molar refractivity (Wildman–Crippen MR) is 122 cm³/mol. The molecule has 1 aliphatic carbocycles. The Morgan fingerprint density at radius 1 is 1.23 bits per heavy atom. The van der Waals surface area contributed by atoms with Crippen molar-refractivity contribution in [2.75, 3.05) is 4.90 Å². The van der Waals surface area contributed by atoms with Crippen LogP contribution in [0.4, 0.5) is 11.4 Å². The van der Waals surface area contributed by atoms with Gasteiger partial charge in [-0.2, -0.15) is 5.26 Å². The molecule has 2 unspecified atom stereocenters. The van der Waals surface area contributed by atoms with Crippen LogP contribution in [0.5, 0.6) is 0 Å². The SMILES string of the molecule is CC1(C)CC(=O)C2C(=Nc3ccccc3N(C(=O)CC#N)C2c2ccc(Cl)cc2Cl)C1. The van der Waals surface area contributed by atoms with Crippen molar-refractivity contribution in [3.05, 3.63) is 58.1 Å². The molecule has 31 heavy (non-hydrogen) atoms. The molecule has 0 saturated heterocycles. The second kappa shape index (κ2) is 8.11. The zero-order valence-electron chi connectivity index (χ0n) is 17.2. The first kappa shape index (κ1) is 21.5. The summed E-state index contributed by atoms with van der Waals surface area (Å²) in [6.45, 7) is 4.09. The Morgan fingerprint density at radius 2 is 1.97 bits per heavy atom. The van der Waals surface area contributed by atoms with Gasteiger partial charge in [0, 0.05) is 22.2 Å². The molecular weight excluding hydrogens is 433 g/mol. The number of hydrogen-bond donors (Lipinski definition) is 0. The number of halogens is 2. The van der Waals surface area contributed by atoms with Crippen LogP contribution in [0.2, 0.25) is 10.0 Å². The fraction of sp³-hybridized carbons (Fsp3) is 0.333. The number of fused-ring (bicyclic) bond motifs is 2. The number of aliphatic imine (C=N–C) groups is 1. The maximum absolute atomic E-state index is 13.5. The summed E-state index contributed by atoms with van der Waals surface area (Å²) in [6.07, 6.45) is 0.673. The van der Waals surface area contributed by atoms with E-state index in [9.17, 15) is 14.9 Å². The normalized spacial score (nSPS) is 22.0. The monoisotopic (exact) mass is 453 g/mol. The minimum Gasteiger partial charge on any atom is -0.301 e. The Balaban J connectivity index is 2.01. The van der Waals surface area contributed by atoms with Crippen LogP contribution in [0.25, 0.3) is 0 Å². The van der Waals surface area contributed by atoms with Crippen LogP contribution >= 0.6 is 23.2 Å². The lowest BCUT2D eigenvalue weighted by atomic mass is 9.68. The standard InChI is InChI=1S/C24H21Cl2N3O2/c1-24(2)12-18-22(20(30)13-24)23(15-8-7-14(25)11-16(15)26)29(21(31)9-10-27)19-6-4-3-5-17(19)28-18/h3-8,11,22-23H,9,12-13H2,1-2H3. The van der Waals surface area contributed by atoms with Crippen molar-refractivity contribution in [1.29, 1.82) is 5.26 Å². The third-order valence-corrected chi connectivity index (χ3v) is 6.36. The molecule has 1 aliphatic heterocycles. The molecule has 5 nitrogen and oxygen atoms in total. The summed E-state index contributed by atoms with van der Waals surface area (Å²) in [5, 5.41) is 10.1. The largest absolute Gasteiger partial charge is 0.301 e. The molecule has 0 spiro atoms. The molecule has 2 aliphatic rings. The van der Waals surface area contributed by atoms with Gasteiger partial charge in [-0.3, -0.25) is 14.6 Å². The predicted octanol–water partition coefficient (Wildman–Crippen LogP) is 6.07. The van der Waals surface area contributed by atoms with Gasteiger partial charge in [-0.25, -0.2) is 0 Å². The van der Waals surface area contributed by atoms with E-state index in [1.165, 1.54) is 4.90 Å². The number of Topliss-reactive ketones (excluding diaryl/α,β-unsaturated/α-hetero) is 1. The molecule has 7 heteroatoms. The number of rotatable bonds is 2. The van der Waals surface area contributed by atoms with Gasteiger partial charge in [0.25, 0.3) is 0 Å². The van der Waals surface area contributed by atoms with Gasteiger partial charge in [0.05, 0.1) is 29.4 Å².